The molecule has 0 aliphatic heterocycles. The molecular weight excluding hydrogens is 399 g/mol. The number of rotatable bonds is 9. The topological polar surface area (TPSA) is 75.3 Å². The van der Waals surface area contributed by atoms with Crippen LogP contribution < -0.4 is 10.0 Å². The second-order valence-corrected chi connectivity index (χ2v) is 9.24. The molecule has 8 heteroatoms. The Balaban J connectivity index is 2.14. The van der Waals surface area contributed by atoms with E-state index in [9.17, 15) is 17.6 Å². The van der Waals surface area contributed by atoms with Crippen LogP contribution in [0, 0.1) is 19.7 Å². The number of halogens is 1. The summed E-state index contributed by atoms with van der Waals surface area (Å²) in [5.41, 5.74) is 2.18. The number of sulfonamides is 1. The van der Waals surface area contributed by atoms with E-state index in [0.29, 0.717) is 17.7 Å². The van der Waals surface area contributed by atoms with Crippen molar-refractivity contribution in [2.45, 2.75) is 37.8 Å². The third-order valence-electron chi connectivity index (χ3n) is 4.24. The summed E-state index contributed by atoms with van der Waals surface area (Å²) in [6, 6.07) is 10.1. The van der Waals surface area contributed by atoms with E-state index in [2.05, 4.69) is 10.0 Å². The molecular formula is C20H25FN2O3S2. The molecule has 1 unspecified atom stereocenters. The molecule has 5 nitrogen and oxygen atoms in total. The van der Waals surface area contributed by atoms with Crippen LogP contribution in [0.2, 0.25) is 0 Å². The van der Waals surface area contributed by atoms with E-state index >= 15 is 0 Å². The Morgan fingerprint density at radius 1 is 1.14 bits per heavy atom. The van der Waals surface area contributed by atoms with Gasteiger partial charge in [-0.1, -0.05) is 24.3 Å². The normalized spacial score (nSPS) is 12.6. The van der Waals surface area contributed by atoms with E-state index in [1.54, 1.807) is 31.2 Å². The lowest BCUT2D eigenvalue weighted by atomic mass is 10.2. The molecule has 0 aliphatic rings. The summed E-state index contributed by atoms with van der Waals surface area (Å²) in [6.45, 7) is 3.73. The molecule has 0 radical (unpaired) electrons. The Labute approximate surface area is 170 Å². The maximum absolute atomic E-state index is 13.0. The average Bonchev–Trinajstić information content (AvgIpc) is 2.66. The van der Waals surface area contributed by atoms with E-state index in [4.69, 9.17) is 0 Å². The van der Waals surface area contributed by atoms with Gasteiger partial charge in [0.05, 0.1) is 4.90 Å². The first-order valence-corrected chi connectivity index (χ1v) is 11.7. The number of hydrogen-bond donors (Lipinski definition) is 2. The standard InChI is InChI=1S/C20H25FN2O3S2/c1-14-4-5-15(2)19(12-14)28(25,26)23-18(10-11-27-3)20(24)22-13-16-6-8-17(21)9-7-16/h4-9,12,18,23H,10-11,13H2,1-3H3,(H,22,24). The van der Waals surface area contributed by atoms with Crippen molar-refractivity contribution in [3.8, 4) is 0 Å². The molecule has 0 saturated heterocycles. The van der Waals surface area contributed by atoms with Crippen molar-refractivity contribution in [2.24, 2.45) is 0 Å². The van der Waals surface area contributed by atoms with Crippen molar-refractivity contribution in [3.63, 3.8) is 0 Å². The van der Waals surface area contributed by atoms with Crippen molar-refractivity contribution in [2.75, 3.05) is 12.0 Å². The lowest BCUT2D eigenvalue weighted by Gasteiger charge is -2.19. The molecule has 152 valence electrons. The number of nitrogens with one attached hydrogen (secondary N) is 2. The third kappa shape index (κ3) is 6.32. The average molecular weight is 425 g/mol. The molecule has 0 spiro atoms. The van der Waals surface area contributed by atoms with Gasteiger partial charge in [-0.15, -0.1) is 0 Å². The molecule has 2 aromatic carbocycles. The third-order valence-corrected chi connectivity index (χ3v) is 6.50. The number of amides is 1. The Morgan fingerprint density at radius 3 is 2.46 bits per heavy atom. The molecule has 28 heavy (non-hydrogen) atoms. The van der Waals surface area contributed by atoms with Gasteiger partial charge in [-0.2, -0.15) is 16.5 Å². The summed E-state index contributed by atoms with van der Waals surface area (Å²) >= 11 is 1.53. The summed E-state index contributed by atoms with van der Waals surface area (Å²) in [7, 11) is -3.85. The molecule has 2 aromatic rings. The fraction of sp³-hybridized carbons (Fsp3) is 0.350. The number of thioether (sulfide) groups is 1. The number of aryl methyl sites for hydroxylation is 2. The zero-order valence-corrected chi connectivity index (χ0v) is 17.8. The van der Waals surface area contributed by atoms with Gasteiger partial charge in [0.2, 0.25) is 15.9 Å². The van der Waals surface area contributed by atoms with Gasteiger partial charge in [0.25, 0.3) is 0 Å². The highest BCUT2D eigenvalue weighted by atomic mass is 32.2. The van der Waals surface area contributed by atoms with E-state index < -0.39 is 22.0 Å². The van der Waals surface area contributed by atoms with Crippen molar-refractivity contribution >= 4 is 27.7 Å². The highest BCUT2D eigenvalue weighted by molar-refractivity contribution is 7.98. The van der Waals surface area contributed by atoms with E-state index in [0.717, 1.165) is 11.1 Å². The molecule has 0 bridgehead atoms. The maximum atomic E-state index is 13.0. The zero-order chi connectivity index (χ0) is 20.7. The van der Waals surface area contributed by atoms with Gasteiger partial charge in [-0.05, 0) is 67.2 Å². The highest BCUT2D eigenvalue weighted by Gasteiger charge is 2.26. The fourth-order valence-electron chi connectivity index (χ4n) is 2.64. The Hall–Kier alpha value is -1.90. The lowest BCUT2D eigenvalue weighted by Crippen LogP contribution is -2.46. The van der Waals surface area contributed by atoms with Gasteiger partial charge in [-0.25, -0.2) is 12.8 Å². The van der Waals surface area contributed by atoms with Crippen LogP contribution in [0.1, 0.15) is 23.1 Å². The fourth-order valence-corrected chi connectivity index (χ4v) is 4.67. The molecule has 1 amide bonds. The molecule has 0 aliphatic carbocycles. The minimum absolute atomic E-state index is 0.174. The van der Waals surface area contributed by atoms with Crippen LogP contribution in [0.3, 0.4) is 0 Å². The van der Waals surface area contributed by atoms with Crippen molar-refractivity contribution in [1.82, 2.24) is 10.0 Å². The van der Waals surface area contributed by atoms with Gasteiger partial charge >= 0.3 is 0 Å². The summed E-state index contributed by atoms with van der Waals surface area (Å²) in [5.74, 6) is -0.134. The van der Waals surface area contributed by atoms with Gasteiger partial charge in [0.1, 0.15) is 11.9 Å². The van der Waals surface area contributed by atoms with Crippen molar-refractivity contribution < 1.29 is 17.6 Å². The van der Waals surface area contributed by atoms with Crippen LogP contribution in [0.5, 0.6) is 0 Å². The number of benzene rings is 2. The monoisotopic (exact) mass is 424 g/mol. The summed E-state index contributed by atoms with van der Waals surface area (Å²) in [4.78, 5) is 12.8. The minimum Gasteiger partial charge on any atom is -0.351 e. The van der Waals surface area contributed by atoms with Gasteiger partial charge in [-0.3, -0.25) is 4.79 Å². The van der Waals surface area contributed by atoms with Gasteiger partial charge in [0, 0.05) is 6.54 Å². The second-order valence-electron chi connectivity index (χ2n) is 6.57. The van der Waals surface area contributed by atoms with Crippen molar-refractivity contribution in [3.05, 3.63) is 65.0 Å². The summed E-state index contributed by atoms with van der Waals surface area (Å²) in [6.07, 6.45) is 2.26. The van der Waals surface area contributed by atoms with E-state index in [1.165, 1.54) is 23.9 Å². The zero-order valence-electron chi connectivity index (χ0n) is 16.2. The largest absolute Gasteiger partial charge is 0.351 e. The van der Waals surface area contributed by atoms with Crippen LogP contribution in [-0.2, 0) is 21.4 Å². The van der Waals surface area contributed by atoms with Crippen LogP contribution >= 0.6 is 11.8 Å². The van der Waals surface area contributed by atoms with Crippen molar-refractivity contribution in [1.29, 1.82) is 0 Å². The lowest BCUT2D eigenvalue weighted by molar-refractivity contribution is -0.122. The summed E-state index contributed by atoms with van der Waals surface area (Å²) in [5, 5.41) is 2.73. The Bertz CT molecular complexity index is 916. The molecule has 2 rings (SSSR count). The molecule has 0 heterocycles. The summed E-state index contributed by atoms with van der Waals surface area (Å²) < 4.78 is 41.2. The molecule has 0 fully saturated rings. The van der Waals surface area contributed by atoms with E-state index in [1.807, 2.05) is 19.2 Å². The minimum atomic E-state index is -3.85. The molecule has 2 N–H and O–H groups in total. The number of hydrogen-bond acceptors (Lipinski definition) is 4. The Morgan fingerprint density at radius 2 is 1.82 bits per heavy atom. The van der Waals surface area contributed by atoms with Crippen LogP contribution in [0.15, 0.2) is 47.4 Å². The molecule has 0 aromatic heterocycles. The van der Waals surface area contributed by atoms with Crippen LogP contribution in [0.4, 0.5) is 4.39 Å². The number of carbonyl (C=O) groups is 1. The first-order chi connectivity index (χ1) is 13.2. The predicted molar refractivity (Wildman–Crippen MR) is 111 cm³/mol. The highest BCUT2D eigenvalue weighted by Crippen LogP contribution is 2.18. The second kappa shape index (κ2) is 10.0. The Kier molecular flexibility index (Phi) is 8.03. The first-order valence-electron chi connectivity index (χ1n) is 8.83. The molecule has 0 saturated carbocycles. The van der Waals surface area contributed by atoms with E-state index in [-0.39, 0.29) is 17.3 Å². The van der Waals surface area contributed by atoms with Crippen LogP contribution in [-0.4, -0.2) is 32.4 Å². The quantitative estimate of drug-likeness (QED) is 0.648. The molecule has 1 atom stereocenters. The SMILES string of the molecule is CSCCC(NS(=O)(=O)c1cc(C)ccc1C)C(=O)NCc1ccc(F)cc1. The first kappa shape index (κ1) is 22.4. The van der Waals surface area contributed by atoms with Gasteiger partial charge < -0.3 is 5.32 Å². The predicted octanol–water partition coefficient (Wildman–Crippen LogP) is 3.16. The smallest absolute Gasteiger partial charge is 0.241 e. The number of carbonyl (C=O) groups excluding carboxylic acids is 1. The maximum Gasteiger partial charge on any atom is 0.241 e. The van der Waals surface area contributed by atoms with Crippen LogP contribution in [0.25, 0.3) is 0 Å². The van der Waals surface area contributed by atoms with Gasteiger partial charge in [0.15, 0.2) is 0 Å².